The minimum atomic E-state index is -3.41. The maximum atomic E-state index is 13.4. The molecule has 0 saturated carbocycles. The van der Waals surface area contributed by atoms with Crippen LogP contribution in [0.25, 0.3) is 10.2 Å². The van der Waals surface area contributed by atoms with Crippen molar-refractivity contribution in [2.45, 2.75) is 25.3 Å². The molecule has 1 saturated heterocycles. The first kappa shape index (κ1) is 18.5. The molecule has 29 heavy (non-hydrogen) atoms. The number of thiazole rings is 1. The van der Waals surface area contributed by atoms with Gasteiger partial charge in [-0.25, -0.2) is 13.4 Å². The van der Waals surface area contributed by atoms with Gasteiger partial charge < -0.3 is 9.80 Å². The molecule has 1 aromatic heterocycles. The van der Waals surface area contributed by atoms with Gasteiger partial charge >= 0.3 is 0 Å². The highest BCUT2D eigenvalue weighted by atomic mass is 32.2. The van der Waals surface area contributed by atoms with Crippen molar-refractivity contribution in [3.8, 4) is 0 Å². The minimum Gasteiger partial charge on any atom is -0.330 e. The number of amides is 1. The Bertz CT molecular complexity index is 1150. The lowest BCUT2D eigenvalue weighted by Crippen LogP contribution is -2.41. The zero-order valence-electron chi connectivity index (χ0n) is 15.7. The van der Waals surface area contributed by atoms with Crippen molar-refractivity contribution in [1.82, 2.24) is 14.8 Å². The van der Waals surface area contributed by atoms with Crippen LogP contribution in [0.4, 0.5) is 0 Å². The summed E-state index contributed by atoms with van der Waals surface area (Å²) in [6.07, 6.45) is 7.94. The van der Waals surface area contributed by atoms with E-state index in [1.807, 2.05) is 23.1 Å². The first-order valence-corrected chi connectivity index (χ1v) is 12.1. The van der Waals surface area contributed by atoms with Crippen molar-refractivity contribution < 1.29 is 13.2 Å². The highest BCUT2D eigenvalue weighted by molar-refractivity contribution is 7.90. The lowest BCUT2D eigenvalue weighted by Gasteiger charge is -2.36. The molecule has 2 aromatic rings. The molecule has 1 fully saturated rings. The normalized spacial score (nSPS) is 23.5. The number of hydrogen-bond acceptors (Lipinski definition) is 6. The van der Waals surface area contributed by atoms with E-state index in [0.717, 1.165) is 34.5 Å². The Morgan fingerprint density at radius 1 is 1.14 bits per heavy atom. The van der Waals surface area contributed by atoms with E-state index in [-0.39, 0.29) is 17.7 Å². The summed E-state index contributed by atoms with van der Waals surface area (Å²) in [6.45, 7) is 1.00. The molecule has 0 radical (unpaired) electrons. The van der Waals surface area contributed by atoms with Crippen LogP contribution in [0.1, 0.15) is 30.3 Å². The van der Waals surface area contributed by atoms with Gasteiger partial charge in [0.1, 0.15) is 10.8 Å². The summed E-state index contributed by atoms with van der Waals surface area (Å²) in [6, 6.07) is 8.01. The fourth-order valence-electron chi connectivity index (χ4n) is 3.96. The fraction of sp³-hybridized carbons (Fsp3) is 0.350. The van der Waals surface area contributed by atoms with E-state index in [1.165, 1.54) is 0 Å². The average Bonchev–Trinajstić information content (AvgIpc) is 3.16. The summed E-state index contributed by atoms with van der Waals surface area (Å²) < 4.78 is 28.3. The van der Waals surface area contributed by atoms with Crippen LogP contribution in [0.5, 0.6) is 0 Å². The van der Waals surface area contributed by atoms with Gasteiger partial charge in [0.25, 0.3) is 15.9 Å². The number of likely N-dealkylation sites (tertiary alicyclic amines) is 1. The van der Waals surface area contributed by atoms with E-state index < -0.39 is 10.0 Å². The number of aromatic nitrogens is 1. The van der Waals surface area contributed by atoms with E-state index in [1.54, 1.807) is 34.6 Å². The Balaban J connectivity index is 1.43. The Kier molecular flexibility index (Phi) is 4.51. The number of carbonyl (C=O) groups is 1. The number of para-hydroxylation sites is 1. The second kappa shape index (κ2) is 7.07. The molecule has 0 N–H and O–H groups in total. The molecule has 0 bridgehead atoms. The topological polar surface area (TPSA) is 82.9 Å². The van der Waals surface area contributed by atoms with Crippen molar-refractivity contribution in [2.24, 2.45) is 4.40 Å². The third-order valence-corrected chi connectivity index (χ3v) is 7.73. The molecule has 7 nitrogen and oxygen atoms in total. The van der Waals surface area contributed by atoms with Crippen LogP contribution in [0.2, 0.25) is 0 Å². The summed E-state index contributed by atoms with van der Waals surface area (Å²) in [4.78, 5) is 21.8. The number of fused-ring (bicyclic) bond motifs is 2. The van der Waals surface area contributed by atoms with Crippen molar-refractivity contribution in [2.75, 3.05) is 18.8 Å². The molecule has 0 spiro atoms. The van der Waals surface area contributed by atoms with Gasteiger partial charge in [-0.1, -0.05) is 12.1 Å². The van der Waals surface area contributed by atoms with Crippen LogP contribution >= 0.6 is 11.3 Å². The van der Waals surface area contributed by atoms with Crippen LogP contribution in [-0.2, 0) is 14.8 Å². The number of amidine groups is 1. The quantitative estimate of drug-likeness (QED) is 0.735. The molecule has 0 unspecified atom stereocenters. The number of piperidine rings is 1. The van der Waals surface area contributed by atoms with Crippen LogP contribution < -0.4 is 0 Å². The smallest absolute Gasteiger partial charge is 0.256 e. The van der Waals surface area contributed by atoms with Gasteiger partial charge in [-0.05, 0) is 43.5 Å². The minimum absolute atomic E-state index is 0.0280. The molecule has 3 aliphatic rings. The third kappa shape index (κ3) is 3.49. The third-order valence-electron chi connectivity index (χ3n) is 5.43. The lowest BCUT2D eigenvalue weighted by molar-refractivity contribution is -0.130. The molecule has 1 amide bonds. The lowest BCUT2D eigenvalue weighted by atomic mass is 10.0. The standard InChI is InChI=1S/C20H20N4O3S2/c25-20(14-8-9-18-22-29(26,27)12-11-23(18)13-14)24-10-4-3-6-16(24)19-21-15-5-1-2-7-17(15)28-19/h1-2,5,7-9,13,16H,3-4,6,10-12H2/t16-/m1/s1. The molecular formula is C20H20N4O3S2. The monoisotopic (exact) mass is 428 g/mol. The SMILES string of the molecule is O=C(C1=CN2CCS(=O)(=O)N=C2C=C1)N1CCCC[C@@H]1c1nc2ccccc2s1. The molecule has 5 rings (SSSR count). The number of carbonyl (C=O) groups excluding carboxylic acids is 1. The number of benzene rings is 1. The van der Waals surface area contributed by atoms with Crippen molar-refractivity contribution in [1.29, 1.82) is 0 Å². The van der Waals surface area contributed by atoms with E-state index in [9.17, 15) is 13.2 Å². The Hall–Kier alpha value is -2.52. The zero-order valence-corrected chi connectivity index (χ0v) is 17.3. The van der Waals surface area contributed by atoms with Gasteiger partial charge in [-0.2, -0.15) is 0 Å². The first-order chi connectivity index (χ1) is 14.0. The predicted molar refractivity (Wildman–Crippen MR) is 113 cm³/mol. The van der Waals surface area contributed by atoms with E-state index in [2.05, 4.69) is 10.5 Å². The second-order valence-electron chi connectivity index (χ2n) is 7.38. The van der Waals surface area contributed by atoms with Crippen LogP contribution in [0, 0.1) is 0 Å². The molecule has 0 aliphatic carbocycles. The summed E-state index contributed by atoms with van der Waals surface area (Å²) in [5.74, 6) is 0.284. The van der Waals surface area contributed by atoms with Crippen LogP contribution in [-0.4, -0.2) is 53.8 Å². The van der Waals surface area contributed by atoms with Crippen molar-refractivity contribution in [3.05, 3.63) is 53.2 Å². The first-order valence-electron chi connectivity index (χ1n) is 9.66. The van der Waals surface area contributed by atoms with Crippen molar-refractivity contribution >= 4 is 43.3 Å². The molecular weight excluding hydrogens is 408 g/mol. The predicted octanol–water partition coefficient (Wildman–Crippen LogP) is 2.85. The summed E-state index contributed by atoms with van der Waals surface area (Å²) in [5.41, 5.74) is 1.52. The maximum absolute atomic E-state index is 13.4. The second-order valence-corrected chi connectivity index (χ2v) is 10.2. The van der Waals surface area contributed by atoms with Crippen LogP contribution in [0.15, 0.2) is 52.6 Å². The zero-order chi connectivity index (χ0) is 20.0. The van der Waals surface area contributed by atoms with Gasteiger partial charge in [-0.15, -0.1) is 15.7 Å². The largest absolute Gasteiger partial charge is 0.330 e. The Labute approximate surface area is 173 Å². The van der Waals surface area contributed by atoms with E-state index >= 15 is 0 Å². The molecule has 4 heterocycles. The fourth-order valence-corrected chi connectivity index (χ4v) is 6.04. The number of sulfonamides is 1. The summed E-state index contributed by atoms with van der Waals surface area (Å²) in [7, 11) is -3.41. The Morgan fingerprint density at radius 2 is 2.00 bits per heavy atom. The summed E-state index contributed by atoms with van der Waals surface area (Å²) in [5, 5.41) is 0.978. The summed E-state index contributed by atoms with van der Waals surface area (Å²) >= 11 is 1.65. The molecule has 9 heteroatoms. The highest BCUT2D eigenvalue weighted by Crippen LogP contribution is 2.36. The average molecular weight is 429 g/mol. The molecule has 1 aromatic carbocycles. The molecule has 1 atom stereocenters. The van der Waals surface area contributed by atoms with Crippen LogP contribution in [0.3, 0.4) is 0 Å². The molecule has 150 valence electrons. The van der Waals surface area contributed by atoms with Gasteiger partial charge in [0.2, 0.25) is 0 Å². The molecule has 3 aliphatic heterocycles. The number of nitrogens with zero attached hydrogens (tertiary/aromatic N) is 4. The van der Waals surface area contributed by atoms with Gasteiger partial charge in [0, 0.05) is 19.3 Å². The van der Waals surface area contributed by atoms with Gasteiger partial charge in [-0.3, -0.25) is 4.79 Å². The number of rotatable bonds is 2. The highest BCUT2D eigenvalue weighted by Gasteiger charge is 2.33. The van der Waals surface area contributed by atoms with E-state index in [4.69, 9.17) is 4.98 Å². The van der Waals surface area contributed by atoms with E-state index in [0.29, 0.717) is 24.5 Å². The van der Waals surface area contributed by atoms with Gasteiger partial charge in [0.15, 0.2) is 0 Å². The Morgan fingerprint density at radius 3 is 2.86 bits per heavy atom. The van der Waals surface area contributed by atoms with Gasteiger partial charge in [0.05, 0.1) is 27.6 Å². The maximum Gasteiger partial charge on any atom is 0.256 e. The van der Waals surface area contributed by atoms with Crippen molar-refractivity contribution in [3.63, 3.8) is 0 Å². The number of hydrogen-bond donors (Lipinski definition) is 0.